The van der Waals surface area contributed by atoms with Crippen LogP contribution in [0.25, 0.3) is 17.2 Å². The van der Waals surface area contributed by atoms with Gasteiger partial charge in [0.15, 0.2) is 0 Å². The molecule has 1 aromatic carbocycles. The van der Waals surface area contributed by atoms with Crippen LogP contribution in [0, 0.1) is 5.82 Å². The summed E-state index contributed by atoms with van der Waals surface area (Å²) in [7, 11) is 1.41. The van der Waals surface area contributed by atoms with Crippen molar-refractivity contribution in [3.05, 3.63) is 39.6 Å². The third-order valence-electron chi connectivity index (χ3n) is 3.20. The lowest BCUT2D eigenvalue weighted by atomic mass is 10.3. The predicted molar refractivity (Wildman–Crippen MR) is 86.3 cm³/mol. The minimum Gasteiger partial charge on any atom is -0.470 e. The first-order valence-corrected chi connectivity index (χ1v) is 7.73. The van der Waals surface area contributed by atoms with Crippen LogP contribution >= 0.6 is 11.6 Å². The van der Waals surface area contributed by atoms with Gasteiger partial charge in [-0.1, -0.05) is 16.8 Å². The summed E-state index contributed by atoms with van der Waals surface area (Å²) in [5, 5.41) is 12.9. The number of carbonyl (C=O) groups is 1. The number of ether oxygens (including phenoxy) is 2. The van der Waals surface area contributed by atoms with Gasteiger partial charge in [0.1, 0.15) is 19.0 Å². The fourth-order valence-electron chi connectivity index (χ4n) is 2.01. The van der Waals surface area contributed by atoms with Crippen LogP contribution in [0.2, 0.25) is 5.02 Å². The van der Waals surface area contributed by atoms with E-state index < -0.39 is 17.7 Å². The van der Waals surface area contributed by atoms with Crippen LogP contribution in [0.4, 0.5) is 9.18 Å². The molecule has 1 amide bonds. The summed E-state index contributed by atoms with van der Waals surface area (Å²) in [5.41, 5.74) is 0.126. The van der Waals surface area contributed by atoms with Gasteiger partial charge in [-0.15, -0.1) is 0 Å². The highest BCUT2D eigenvalue weighted by Gasteiger charge is 2.24. The molecule has 0 saturated heterocycles. The van der Waals surface area contributed by atoms with Gasteiger partial charge in [-0.25, -0.2) is 23.2 Å². The Bertz CT molecular complexity index is 1020. The summed E-state index contributed by atoms with van der Waals surface area (Å²) in [6.45, 7) is -0.149. The highest BCUT2D eigenvalue weighted by atomic mass is 35.5. The maximum absolute atomic E-state index is 13.4. The van der Waals surface area contributed by atoms with Crippen molar-refractivity contribution in [2.24, 2.45) is 0 Å². The number of nitrogens with one attached hydrogen (secondary N) is 1. The number of nitrogens with zero attached hydrogens (tertiary/aromatic N) is 4. The van der Waals surface area contributed by atoms with Crippen molar-refractivity contribution in [3.63, 3.8) is 0 Å². The average Bonchev–Trinajstić information content (AvgIpc) is 3.27. The minimum atomic E-state index is -0.871. The van der Waals surface area contributed by atoms with Crippen LogP contribution in [0.1, 0.15) is 0 Å². The van der Waals surface area contributed by atoms with Crippen molar-refractivity contribution in [2.45, 2.75) is 0 Å². The number of halogens is 2. The molecule has 0 atom stereocenters. The number of rotatable bonds is 6. The lowest BCUT2D eigenvalue weighted by Crippen LogP contribution is -2.22. The summed E-state index contributed by atoms with van der Waals surface area (Å²) in [4.78, 5) is 23.0. The fraction of sp³-hybridized carbons (Fsp3) is 0.214. The van der Waals surface area contributed by atoms with E-state index in [0.29, 0.717) is 0 Å². The second kappa shape index (κ2) is 7.86. The average molecular weight is 400 g/mol. The Labute approximate surface area is 154 Å². The van der Waals surface area contributed by atoms with Crippen molar-refractivity contribution >= 4 is 17.7 Å². The van der Waals surface area contributed by atoms with E-state index in [9.17, 15) is 14.0 Å². The first kappa shape index (κ1) is 18.4. The first-order valence-electron chi connectivity index (χ1n) is 7.35. The molecule has 2 aromatic heterocycles. The van der Waals surface area contributed by atoms with Crippen molar-refractivity contribution in [2.75, 3.05) is 20.3 Å². The summed E-state index contributed by atoms with van der Waals surface area (Å²) in [6.07, 6.45) is -0.629. The van der Waals surface area contributed by atoms with E-state index in [-0.39, 0.29) is 41.3 Å². The van der Waals surface area contributed by atoms with E-state index in [1.165, 1.54) is 19.2 Å². The van der Waals surface area contributed by atoms with E-state index in [4.69, 9.17) is 21.1 Å². The highest BCUT2D eigenvalue weighted by molar-refractivity contribution is 6.30. The highest BCUT2D eigenvalue weighted by Crippen LogP contribution is 2.27. The molecule has 13 heteroatoms. The number of benzene rings is 1. The zero-order valence-electron chi connectivity index (χ0n) is 13.6. The molecule has 0 saturated carbocycles. The molecule has 0 radical (unpaired) electrons. The van der Waals surface area contributed by atoms with Crippen molar-refractivity contribution < 1.29 is 27.8 Å². The maximum Gasteiger partial charge on any atom is 0.446 e. The Balaban J connectivity index is 1.86. The number of amides is 1. The zero-order valence-corrected chi connectivity index (χ0v) is 14.4. The number of hydrogen-bond donors (Lipinski definition) is 1. The molecular formula is C14H11ClFN5O6. The normalized spacial score (nSPS) is 10.6. The van der Waals surface area contributed by atoms with Gasteiger partial charge < -0.3 is 14.8 Å². The van der Waals surface area contributed by atoms with E-state index in [1.807, 2.05) is 0 Å². The van der Waals surface area contributed by atoms with Gasteiger partial charge in [0.25, 0.3) is 5.88 Å². The standard InChI is InChI=1S/C14H11ClFN5O6/c1-17-13(22)25-5-4-24-12-10(18-27-20-12)11-19-26-14(23)21(11)7-2-3-9(16)8(15)6-7/h2-3,6H,4-5H2,1H3,(H,17,22). The molecule has 0 unspecified atom stereocenters. The lowest BCUT2D eigenvalue weighted by Gasteiger charge is -2.06. The molecule has 142 valence electrons. The van der Waals surface area contributed by atoms with Gasteiger partial charge in [-0.2, -0.15) is 0 Å². The molecular weight excluding hydrogens is 389 g/mol. The first-order chi connectivity index (χ1) is 13.0. The van der Waals surface area contributed by atoms with Crippen LogP contribution in [0.15, 0.2) is 32.1 Å². The third-order valence-corrected chi connectivity index (χ3v) is 3.49. The molecule has 0 fully saturated rings. The summed E-state index contributed by atoms with van der Waals surface area (Å²) in [5.74, 6) is -1.75. The van der Waals surface area contributed by atoms with Crippen LogP contribution in [0.5, 0.6) is 5.88 Å². The Morgan fingerprint density at radius 2 is 2.15 bits per heavy atom. The lowest BCUT2D eigenvalue weighted by molar-refractivity contribution is 0.124. The second-order valence-corrected chi connectivity index (χ2v) is 5.27. The van der Waals surface area contributed by atoms with E-state index in [2.05, 4.69) is 29.9 Å². The van der Waals surface area contributed by atoms with Crippen molar-refractivity contribution in [3.8, 4) is 23.1 Å². The smallest absolute Gasteiger partial charge is 0.446 e. The monoisotopic (exact) mass is 399 g/mol. The summed E-state index contributed by atoms with van der Waals surface area (Å²) >= 11 is 5.75. The molecule has 27 heavy (non-hydrogen) atoms. The van der Waals surface area contributed by atoms with Crippen molar-refractivity contribution in [1.82, 2.24) is 25.4 Å². The Hall–Kier alpha value is -3.41. The predicted octanol–water partition coefficient (Wildman–Crippen LogP) is 1.40. The summed E-state index contributed by atoms with van der Waals surface area (Å²) < 4.78 is 33.7. The molecule has 3 rings (SSSR count). The van der Waals surface area contributed by atoms with Crippen LogP contribution in [-0.2, 0) is 4.74 Å². The largest absolute Gasteiger partial charge is 0.470 e. The molecule has 2 heterocycles. The van der Waals surface area contributed by atoms with Gasteiger partial charge in [-0.05, 0) is 28.5 Å². The topological polar surface area (TPSA) is 135 Å². The minimum absolute atomic E-state index is 0.0544. The van der Waals surface area contributed by atoms with Crippen LogP contribution < -0.4 is 15.8 Å². The summed E-state index contributed by atoms with van der Waals surface area (Å²) in [6, 6.07) is 3.59. The Morgan fingerprint density at radius 1 is 1.33 bits per heavy atom. The molecule has 0 bridgehead atoms. The SMILES string of the molecule is CNC(=O)OCCOc1nonc1-c1noc(=O)n1-c1ccc(F)c(Cl)c1. The quantitative estimate of drug-likeness (QED) is 0.610. The van der Waals surface area contributed by atoms with E-state index in [1.54, 1.807) is 0 Å². The number of aromatic nitrogens is 4. The zero-order chi connectivity index (χ0) is 19.4. The van der Waals surface area contributed by atoms with Gasteiger partial charge >= 0.3 is 11.8 Å². The van der Waals surface area contributed by atoms with Gasteiger partial charge in [-0.3, -0.25) is 4.52 Å². The molecule has 0 aliphatic heterocycles. The molecule has 0 aliphatic rings. The van der Waals surface area contributed by atoms with Crippen LogP contribution in [0.3, 0.4) is 0 Å². The molecule has 11 nitrogen and oxygen atoms in total. The van der Waals surface area contributed by atoms with Gasteiger partial charge in [0, 0.05) is 7.05 Å². The molecule has 3 aromatic rings. The number of hydrogen-bond acceptors (Lipinski definition) is 9. The molecule has 0 aliphatic carbocycles. The fourth-order valence-corrected chi connectivity index (χ4v) is 2.18. The maximum atomic E-state index is 13.4. The second-order valence-electron chi connectivity index (χ2n) is 4.86. The van der Waals surface area contributed by atoms with E-state index in [0.717, 1.165) is 10.6 Å². The third kappa shape index (κ3) is 3.89. The molecule has 0 spiro atoms. The Kier molecular flexibility index (Phi) is 5.35. The molecule has 1 N–H and O–H groups in total. The van der Waals surface area contributed by atoms with E-state index >= 15 is 0 Å². The van der Waals surface area contributed by atoms with Gasteiger partial charge in [0.2, 0.25) is 11.5 Å². The van der Waals surface area contributed by atoms with Gasteiger partial charge in [0.05, 0.1) is 10.7 Å². The Morgan fingerprint density at radius 3 is 2.89 bits per heavy atom. The van der Waals surface area contributed by atoms with Crippen LogP contribution in [-0.4, -0.2) is 46.4 Å². The van der Waals surface area contributed by atoms with Crippen molar-refractivity contribution in [1.29, 1.82) is 0 Å². The number of alkyl carbamates (subject to hydrolysis) is 1. The number of carbonyl (C=O) groups excluding carboxylic acids is 1.